The minimum absolute atomic E-state index is 0.0708. The van der Waals surface area contributed by atoms with E-state index in [2.05, 4.69) is 21.4 Å². The maximum atomic E-state index is 12.2. The highest BCUT2D eigenvalue weighted by Crippen LogP contribution is 2.14. The number of hydrogen-bond acceptors (Lipinski definition) is 4. The zero-order valence-corrected chi connectivity index (χ0v) is 13.4. The molecule has 4 nitrogen and oxygen atoms in total. The fourth-order valence-corrected chi connectivity index (χ4v) is 2.94. The van der Waals surface area contributed by atoms with Gasteiger partial charge in [-0.1, -0.05) is 6.07 Å². The number of nitrogens with one attached hydrogen (secondary N) is 1. The molecule has 22 heavy (non-hydrogen) atoms. The number of rotatable bonds is 4. The van der Waals surface area contributed by atoms with Crippen LogP contribution < -0.4 is 5.32 Å². The average molecular weight is 311 g/mol. The van der Waals surface area contributed by atoms with Crippen LogP contribution in [0.1, 0.15) is 26.6 Å². The molecule has 0 atom stereocenters. The van der Waals surface area contributed by atoms with Crippen molar-refractivity contribution in [1.29, 1.82) is 0 Å². The first-order valence-corrected chi connectivity index (χ1v) is 8.07. The number of fused-ring (bicyclic) bond motifs is 1. The van der Waals surface area contributed by atoms with Crippen molar-refractivity contribution in [2.45, 2.75) is 20.3 Å². The first-order valence-electron chi connectivity index (χ1n) is 7.19. The van der Waals surface area contributed by atoms with Crippen molar-refractivity contribution in [1.82, 2.24) is 15.3 Å². The second-order valence-corrected chi connectivity index (χ2v) is 6.22. The van der Waals surface area contributed by atoms with Gasteiger partial charge in [-0.2, -0.15) is 0 Å². The average Bonchev–Trinajstić information content (AvgIpc) is 3.01. The Morgan fingerprint density at radius 2 is 1.91 bits per heavy atom. The summed E-state index contributed by atoms with van der Waals surface area (Å²) in [6.45, 7) is 4.50. The summed E-state index contributed by atoms with van der Waals surface area (Å²) < 4.78 is 0. The van der Waals surface area contributed by atoms with Gasteiger partial charge in [-0.05, 0) is 49.9 Å². The molecule has 0 spiro atoms. The summed E-state index contributed by atoms with van der Waals surface area (Å²) in [7, 11) is 0. The Hall–Kier alpha value is -2.27. The first kappa shape index (κ1) is 14.7. The summed E-state index contributed by atoms with van der Waals surface area (Å²) in [6, 6.07) is 9.55. The van der Waals surface area contributed by atoms with E-state index >= 15 is 0 Å². The summed E-state index contributed by atoms with van der Waals surface area (Å²) in [4.78, 5) is 22.5. The number of benzene rings is 1. The molecule has 2 heterocycles. The smallest absolute Gasteiger partial charge is 0.251 e. The van der Waals surface area contributed by atoms with Crippen LogP contribution in [0.15, 0.2) is 35.7 Å². The molecule has 0 aliphatic heterocycles. The van der Waals surface area contributed by atoms with Crippen molar-refractivity contribution >= 4 is 28.3 Å². The number of aromatic nitrogens is 2. The second kappa shape index (κ2) is 6.23. The third-order valence-electron chi connectivity index (χ3n) is 3.57. The summed E-state index contributed by atoms with van der Waals surface area (Å²) in [6.07, 6.45) is 0.856. The van der Waals surface area contributed by atoms with Crippen LogP contribution in [0.2, 0.25) is 0 Å². The van der Waals surface area contributed by atoms with Crippen LogP contribution >= 0.6 is 11.3 Å². The van der Waals surface area contributed by atoms with E-state index in [1.165, 1.54) is 4.88 Å². The van der Waals surface area contributed by atoms with Crippen molar-refractivity contribution < 1.29 is 4.79 Å². The monoisotopic (exact) mass is 311 g/mol. The third kappa shape index (κ3) is 3.14. The topological polar surface area (TPSA) is 54.9 Å². The highest BCUT2D eigenvalue weighted by Gasteiger charge is 2.08. The third-order valence-corrected chi connectivity index (χ3v) is 4.51. The van der Waals surface area contributed by atoms with E-state index in [0.717, 1.165) is 28.8 Å². The van der Waals surface area contributed by atoms with Crippen molar-refractivity contribution in [3.8, 4) is 0 Å². The molecule has 0 radical (unpaired) electrons. The fraction of sp³-hybridized carbons (Fsp3) is 0.235. The van der Waals surface area contributed by atoms with Gasteiger partial charge in [0, 0.05) is 17.0 Å². The Balaban J connectivity index is 1.72. The van der Waals surface area contributed by atoms with Gasteiger partial charge < -0.3 is 5.32 Å². The fourth-order valence-electron chi connectivity index (χ4n) is 2.23. The van der Waals surface area contributed by atoms with Crippen molar-refractivity contribution in [3.05, 3.63) is 57.5 Å². The van der Waals surface area contributed by atoms with Gasteiger partial charge in [0.25, 0.3) is 5.91 Å². The maximum absolute atomic E-state index is 12.2. The molecule has 3 aromatic rings. The molecule has 0 saturated carbocycles. The molecule has 0 unspecified atom stereocenters. The molecule has 2 aromatic heterocycles. The Labute approximate surface area is 133 Å². The predicted octanol–water partition coefficient (Wildman–Crippen LogP) is 3.28. The van der Waals surface area contributed by atoms with E-state index in [9.17, 15) is 4.79 Å². The number of aryl methyl sites for hydroxylation is 2. The van der Waals surface area contributed by atoms with Gasteiger partial charge >= 0.3 is 0 Å². The number of carbonyl (C=O) groups is 1. The molecule has 3 rings (SSSR count). The number of nitrogens with zero attached hydrogens (tertiary/aromatic N) is 2. The minimum atomic E-state index is -0.0708. The van der Waals surface area contributed by atoms with Gasteiger partial charge in [-0.3, -0.25) is 4.79 Å². The van der Waals surface area contributed by atoms with Crippen LogP contribution in [0, 0.1) is 13.8 Å². The van der Waals surface area contributed by atoms with Crippen LogP contribution in [0.4, 0.5) is 0 Å². The van der Waals surface area contributed by atoms with Crippen LogP contribution in [0.3, 0.4) is 0 Å². The molecule has 0 fully saturated rings. The number of thiophene rings is 1. The zero-order valence-electron chi connectivity index (χ0n) is 12.6. The normalized spacial score (nSPS) is 10.8. The van der Waals surface area contributed by atoms with Crippen molar-refractivity contribution in [3.63, 3.8) is 0 Å². The van der Waals surface area contributed by atoms with Gasteiger partial charge in [0.2, 0.25) is 0 Å². The Bertz CT molecular complexity index is 812. The number of amides is 1. The SMILES string of the molecule is Cc1nc2ccc(C(=O)NCCc3cccs3)cc2nc1C. The van der Waals surface area contributed by atoms with Crippen LogP contribution in [-0.4, -0.2) is 22.4 Å². The highest BCUT2D eigenvalue weighted by atomic mass is 32.1. The molecule has 0 aliphatic carbocycles. The lowest BCUT2D eigenvalue weighted by atomic mass is 10.1. The summed E-state index contributed by atoms with van der Waals surface area (Å²) in [5.74, 6) is -0.0708. The summed E-state index contributed by atoms with van der Waals surface area (Å²) in [5.41, 5.74) is 4.01. The molecule has 112 valence electrons. The van der Waals surface area contributed by atoms with E-state index in [1.807, 2.05) is 31.4 Å². The van der Waals surface area contributed by atoms with Gasteiger partial charge in [-0.15, -0.1) is 11.3 Å². The molecular weight excluding hydrogens is 294 g/mol. The second-order valence-electron chi connectivity index (χ2n) is 5.18. The van der Waals surface area contributed by atoms with E-state index in [0.29, 0.717) is 12.1 Å². The molecule has 1 N–H and O–H groups in total. The van der Waals surface area contributed by atoms with Crippen LogP contribution in [0.25, 0.3) is 11.0 Å². The molecule has 5 heteroatoms. The molecule has 0 bridgehead atoms. The first-order chi connectivity index (χ1) is 10.6. The lowest BCUT2D eigenvalue weighted by Gasteiger charge is -2.06. The zero-order chi connectivity index (χ0) is 15.5. The molecule has 1 aromatic carbocycles. The van der Waals surface area contributed by atoms with Gasteiger partial charge in [0.15, 0.2) is 0 Å². The van der Waals surface area contributed by atoms with Crippen molar-refractivity contribution in [2.75, 3.05) is 6.54 Å². The molecule has 1 amide bonds. The van der Waals surface area contributed by atoms with E-state index in [1.54, 1.807) is 23.5 Å². The highest BCUT2D eigenvalue weighted by molar-refractivity contribution is 7.09. The maximum Gasteiger partial charge on any atom is 0.251 e. The molecule has 0 aliphatic rings. The lowest BCUT2D eigenvalue weighted by molar-refractivity contribution is 0.0954. The van der Waals surface area contributed by atoms with Crippen LogP contribution in [0.5, 0.6) is 0 Å². The van der Waals surface area contributed by atoms with Gasteiger partial charge in [0.05, 0.1) is 22.4 Å². The minimum Gasteiger partial charge on any atom is -0.352 e. The van der Waals surface area contributed by atoms with E-state index in [-0.39, 0.29) is 5.91 Å². The van der Waals surface area contributed by atoms with Gasteiger partial charge in [-0.25, -0.2) is 9.97 Å². The Morgan fingerprint density at radius 1 is 1.14 bits per heavy atom. The largest absolute Gasteiger partial charge is 0.352 e. The predicted molar refractivity (Wildman–Crippen MR) is 89.4 cm³/mol. The molecular formula is C17H17N3OS. The summed E-state index contributed by atoms with van der Waals surface area (Å²) in [5, 5.41) is 4.99. The van der Waals surface area contributed by atoms with Crippen molar-refractivity contribution in [2.24, 2.45) is 0 Å². The van der Waals surface area contributed by atoms with Crippen LogP contribution in [-0.2, 0) is 6.42 Å². The molecule has 0 saturated heterocycles. The number of carbonyl (C=O) groups excluding carboxylic acids is 1. The van der Waals surface area contributed by atoms with Gasteiger partial charge in [0.1, 0.15) is 0 Å². The quantitative estimate of drug-likeness (QED) is 0.804. The van der Waals surface area contributed by atoms with E-state index < -0.39 is 0 Å². The Morgan fingerprint density at radius 3 is 2.64 bits per heavy atom. The number of hydrogen-bond donors (Lipinski definition) is 1. The standard InChI is InChI=1S/C17H17N3OS/c1-11-12(2)20-16-10-13(5-6-15(16)19-11)17(21)18-8-7-14-4-3-9-22-14/h3-6,9-10H,7-8H2,1-2H3,(H,18,21). The van der Waals surface area contributed by atoms with E-state index in [4.69, 9.17) is 0 Å². The summed E-state index contributed by atoms with van der Waals surface area (Å²) >= 11 is 1.71. The lowest BCUT2D eigenvalue weighted by Crippen LogP contribution is -2.25. The Kier molecular flexibility index (Phi) is 4.15.